The maximum Gasteiger partial charge on any atom is 0.259 e. The predicted octanol–water partition coefficient (Wildman–Crippen LogP) is 3.72. The topological polar surface area (TPSA) is 67.9 Å². The number of carbonyl (C=O) groups excluding carboxylic acids is 2. The number of methoxy groups -OCH3 is 1. The van der Waals surface area contributed by atoms with E-state index in [4.69, 9.17) is 32.7 Å². The molecule has 0 atom stereocenters. The maximum absolute atomic E-state index is 12.3. The average molecular weight is 397 g/mol. The molecule has 2 aromatic carbocycles. The fourth-order valence-corrected chi connectivity index (χ4v) is 2.64. The second-order valence-electron chi connectivity index (χ2n) is 5.53. The predicted molar refractivity (Wildman–Crippen MR) is 102 cm³/mol. The first-order chi connectivity index (χ1) is 12.3. The fourth-order valence-electron chi connectivity index (χ4n) is 2.00. The minimum Gasteiger partial charge on any atom is -0.494 e. The first-order valence-corrected chi connectivity index (χ1v) is 8.34. The van der Waals surface area contributed by atoms with Crippen LogP contribution >= 0.6 is 23.2 Å². The molecule has 0 radical (unpaired) electrons. The average Bonchev–Trinajstić information content (AvgIpc) is 2.60. The van der Waals surface area contributed by atoms with E-state index in [1.807, 2.05) is 0 Å². The molecule has 2 rings (SSSR count). The summed E-state index contributed by atoms with van der Waals surface area (Å²) in [7, 11) is 4.76. The van der Waals surface area contributed by atoms with Crippen molar-refractivity contribution in [2.24, 2.45) is 0 Å². The van der Waals surface area contributed by atoms with E-state index in [-0.39, 0.29) is 28.5 Å². The van der Waals surface area contributed by atoms with E-state index >= 15 is 0 Å². The summed E-state index contributed by atoms with van der Waals surface area (Å²) in [4.78, 5) is 25.3. The van der Waals surface area contributed by atoms with Crippen LogP contribution in [0.25, 0.3) is 0 Å². The summed E-state index contributed by atoms with van der Waals surface area (Å²) in [5, 5.41) is 3.23. The van der Waals surface area contributed by atoms with Crippen molar-refractivity contribution in [1.82, 2.24) is 4.90 Å². The SMILES string of the molecule is COc1c(Cl)cc(C(=O)Nc2ccc(OCC(=O)N(C)C)cc2)cc1Cl. The van der Waals surface area contributed by atoms with Gasteiger partial charge in [0.15, 0.2) is 12.4 Å². The summed E-state index contributed by atoms with van der Waals surface area (Å²) in [6.07, 6.45) is 0. The van der Waals surface area contributed by atoms with Crippen LogP contribution in [0.15, 0.2) is 36.4 Å². The quantitative estimate of drug-likeness (QED) is 0.807. The maximum atomic E-state index is 12.3. The van der Waals surface area contributed by atoms with Gasteiger partial charge in [-0.1, -0.05) is 23.2 Å². The molecule has 26 heavy (non-hydrogen) atoms. The third kappa shape index (κ3) is 5.03. The van der Waals surface area contributed by atoms with Crippen LogP contribution in [0.3, 0.4) is 0 Å². The highest BCUT2D eigenvalue weighted by molar-refractivity contribution is 6.37. The zero-order valence-corrected chi connectivity index (χ0v) is 16.0. The summed E-state index contributed by atoms with van der Waals surface area (Å²) >= 11 is 12.1. The number of likely N-dealkylation sites (N-methyl/N-ethyl adjacent to an activating group) is 1. The van der Waals surface area contributed by atoms with Crippen LogP contribution in [0.1, 0.15) is 10.4 Å². The van der Waals surface area contributed by atoms with Crippen molar-refractivity contribution >= 4 is 40.7 Å². The smallest absolute Gasteiger partial charge is 0.259 e. The molecule has 0 spiro atoms. The number of carbonyl (C=O) groups is 2. The number of nitrogens with zero attached hydrogens (tertiary/aromatic N) is 1. The Morgan fingerprint density at radius 2 is 1.65 bits per heavy atom. The molecule has 8 heteroatoms. The third-order valence-corrected chi connectivity index (χ3v) is 4.00. The second-order valence-corrected chi connectivity index (χ2v) is 6.34. The molecular formula is C18H18Cl2N2O4. The third-order valence-electron chi connectivity index (χ3n) is 3.44. The lowest BCUT2D eigenvalue weighted by Crippen LogP contribution is -2.27. The number of nitrogens with one attached hydrogen (secondary N) is 1. The number of benzene rings is 2. The van der Waals surface area contributed by atoms with Gasteiger partial charge in [-0.25, -0.2) is 0 Å². The lowest BCUT2D eigenvalue weighted by atomic mass is 10.2. The molecule has 138 valence electrons. The number of hydrogen-bond donors (Lipinski definition) is 1. The van der Waals surface area contributed by atoms with Crippen LogP contribution in [-0.2, 0) is 4.79 Å². The molecular weight excluding hydrogens is 379 g/mol. The second kappa shape index (κ2) is 8.78. The molecule has 0 saturated carbocycles. The summed E-state index contributed by atoms with van der Waals surface area (Å²) in [6.45, 7) is -0.0540. The largest absolute Gasteiger partial charge is 0.494 e. The Morgan fingerprint density at radius 3 is 2.15 bits per heavy atom. The zero-order valence-electron chi connectivity index (χ0n) is 14.5. The van der Waals surface area contributed by atoms with Crippen LogP contribution in [0, 0.1) is 0 Å². The molecule has 0 aliphatic carbocycles. The molecule has 0 aliphatic heterocycles. The lowest BCUT2D eigenvalue weighted by molar-refractivity contribution is -0.130. The van der Waals surface area contributed by atoms with Gasteiger partial charge in [-0.2, -0.15) is 0 Å². The van der Waals surface area contributed by atoms with E-state index in [2.05, 4.69) is 5.32 Å². The molecule has 0 aliphatic rings. The number of anilines is 1. The van der Waals surface area contributed by atoms with Gasteiger partial charge in [-0.05, 0) is 36.4 Å². The van der Waals surface area contributed by atoms with E-state index < -0.39 is 0 Å². The molecule has 0 aromatic heterocycles. The van der Waals surface area contributed by atoms with E-state index in [1.54, 1.807) is 38.4 Å². The Morgan fingerprint density at radius 1 is 1.08 bits per heavy atom. The molecule has 1 N–H and O–H groups in total. The summed E-state index contributed by atoms with van der Waals surface area (Å²) < 4.78 is 10.4. The van der Waals surface area contributed by atoms with E-state index in [9.17, 15) is 9.59 Å². The Kier molecular flexibility index (Phi) is 6.71. The highest BCUT2D eigenvalue weighted by Crippen LogP contribution is 2.34. The number of ether oxygens (including phenoxy) is 2. The first kappa shape index (κ1) is 19.9. The van der Waals surface area contributed by atoms with Crippen LogP contribution in [0.2, 0.25) is 10.0 Å². The van der Waals surface area contributed by atoms with Gasteiger partial charge in [0.05, 0.1) is 17.2 Å². The van der Waals surface area contributed by atoms with Crippen LogP contribution in [-0.4, -0.2) is 44.5 Å². The molecule has 0 unspecified atom stereocenters. The van der Waals surface area contributed by atoms with Gasteiger partial charge in [0.1, 0.15) is 5.75 Å². The van der Waals surface area contributed by atoms with E-state index in [1.165, 1.54) is 24.1 Å². The molecule has 0 heterocycles. The van der Waals surface area contributed by atoms with Gasteiger partial charge in [0.2, 0.25) is 0 Å². The number of halogens is 2. The molecule has 2 aromatic rings. The van der Waals surface area contributed by atoms with Gasteiger partial charge >= 0.3 is 0 Å². The lowest BCUT2D eigenvalue weighted by Gasteiger charge is -2.12. The van der Waals surface area contributed by atoms with Gasteiger partial charge in [-0.15, -0.1) is 0 Å². The molecule has 0 saturated heterocycles. The highest BCUT2D eigenvalue weighted by atomic mass is 35.5. The number of rotatable bonds is 6. The number of hydrogen-bond acceptors (Lipinski definition) is 4. The first-order valence-electron chi connectivity index (χ1n) is 7.59. The monoisotopic (exact) mass is 396 g/mol. The fraction of sp³-hybridized carbons (Fsp3) is 0.222. The molecule has 0 fully saturated rings. The summed E-state index contributed by atoms with van der Waals surface area (Å²) in [5.41, 5.74) is 0.863. The van der Waals surface area contributed by atoms with E-state index in [0.717, 1.165) is 0 Å². The standard InChI is InChI=1S/C18H18Cl2N2O4/c1-22(2)16(23)10-26-13-6-4-12(5-7-13)21-18(24)11-8-14(19)17(25-3)15(20)9-11/h4-9H,10H2,1-3H3,(H,21,24). The Hall–Kier alpha value is -2.44. The van der Waals surface area contributed by atoms with Crippen molar-refractivity contribution in [1.29, 1.82) is 0 Å². The van der Waals surface area contributed by atoms with Crippen LogP contribution in [0.5, 0.6) is 11.5 Å². The van der Waals surface area contributed by atoms with Crippen LogP contribution < -0.4 is 14.8 Å². The van der Waals surface area contributed by atoms with Crippen LogP contribution in [0.4, 0.5) is 5.69 Å². The highest BCUT2D eigenvalue weighted by Gasteiger charge is 2.14. The number of amides is 2. The van der Waals surface area contributed by atoms with Crippen molar-refractivity contribution < 1.29 is 19.1 Å². The van der Waals surface area contributed by atoms with Crippen molar-refractivity contribution in [3.05, 3.63) is 52.0 Å². The Labute approximate surface area is 161 Å². The van der Waals surface area contributed by atoms with Crippen molar-refractivity contribution in [3.63, 3.8) is 0 Å². The molecule has 2 amide bonds. The Balaban J connectivity index is 2.02. The van der Waals surface area contributed by atoms with Crippen molar-refractivity contribution in [3.8, 4) is 11.5 Å². The van der Waals surface area contributed by atoms with Crippen molar-refractivity contribution in [2.45, 2.75) is 0 Å². The summed E-state index contributed by atoms with van der Waals surface area (Å²) in [5.74, 6) is 0.330. The van der Waals surface area contributed by atoms with Gasteiger partial charge < -0.3 is 19.7 Å². The normalized spacial score (nSPS) is 10.2. The van der Waals surface area contributed by atoms with Gasteiger partial charge in [0.25, 0.3) is 11.8 Å². The minimum absolute atomic E-state index is 0.0540. The van der Waals surface area contributed by atoms with Gasteiger partial charge in [0, 0.05) is 25.3 Å². The van der Waals surface area contributed by atoms with Gasteiger partial charge in [-0.3, -0.25) is 9.59 Å². The van der Waals surface area contributed by atoms with Crippen molar-refractivity contribution in [2.75, 3.05) is 33.1 Å². The zero-order chi connectivity index (χ0) is 19.3. The molecule has 0 bridgehead atoms. The Bertz CT molecular complexity index is 784. The summed E-state index contributed by atoms with van der Waals surface area (Å²) in [6, 6.07) is 9.61. The minimum atomic E-state index is -0.368. The molecule has 6 nitrogen and oxygen atoms in total. The van der Waals surface area contributed by atoms with E-state index in [0.29, 0.717) is 22.7 Å².